The standard InChI is InChI=1S/C19H23N3O3/c1-12(19(24)25)11-21(16-8-9-16)18(23)15-4-6-17(7-5-15)22-14(3)10-13(2)20-22/h4-7,10,12,16H,8-9,11H2,1-3H3,(H,24,25). The van der Waals surface area contributed by atoms with Crippen LogP contribution in [0.25, 0.3) is 5.69 Å². The van der Waals surface area contributed by atoms with Crippen molar-refractivity contribution in [1.82, 2.24) is 14.7 Å². The Morgan fingerprint density at radius 3 is 2.40 bits per heavy atom. The van der Waals surface area contributed by atoms with E-state index in [2.05, 4.69) is 5.10 Å². The van der Waals surface area contributed by atoms with Gasteiger partial charge in [0.15, 0.2) is 0 Å². The summed E-state index contributed by atoms with van der Waals surface area (Å²) in [5.74, 6) is -1.55. The third-order valence-electron chi connectivity index (χ3n) is 4.51. The maximum atomic E-state index is 12.8. The van der Waals surface area contributed by atoms with E-state index in [0.29, 0.717) is 5.56 Å². The van der Waals surface area contributed by atoms with Gasteiger partial charge in [-0.3, -0.25) is 9.59 Å². The zero-order chi connectivity index (χ0) is 18.1. The summed E-state index contributed by atoms with van der Waals surface area (Å²) in [6, 6.07) is 9.49. The van der Waals surface area contributed by atoms with E-state index in [9.17, 15) is 9.59 Å². The first kappa shape index (κ1) is 17.2. The number of carboxylic acid groups (broad SMARTS) is 1. The number of rotatable bonds is 6. The molecule has 0 spiro atoms. The molecule has 1 fully saturated rings. The van der Waals surface area contributed by atoms with Crippen LogP contribution in [0.15, 0.2) is 30.3 Å². The molecule has 1 unspecified atom stereocenters. The molecule has 1 saturated carbocycles. The maximum absolute atomic E-state index is 12.8. The molecule has 1 amide bonds. The summed E-state index contributed by atoms with van der Waals surface area (Å²) in [4.78, 5) is 25.6. The molecule has 1 N–H and O–H groups in total. The van der Waals surface area contributed by atoms with Gasteiger partial charge in [0.05, 0.1) is 17.3 Å². The molecule has 3 rings (SSSR count). The molecular formula is C19H23N3O3. The number of aliphatic carboxylic acids is 1. The number of amides is 1. The average molecular weight is 341 g/mol. The van der Waals surface area contributed by atoms with Crippen molar-refractivity contribution in [1.29, 1.82) is 0 Å². The molecule has 132 valence electrons. The normalized spacial score (nSPS) is 15.0. The van der Waals surface area contributed by atoms with Gasteiger partial charge in [-0.05, 0) is 57.0 Å². The van der Waals surface area contributed by atoms with E-state index in [0.717, 1.165) is 29.9 Å². The summed E-state index contributed by atoms with van der Waals surface area (Å²) < 4.78 is 1.84. The van der Waals surface area contributed by atoms with Crippen LogP contribution in [0.5, 0.6) is 0 Å². The van der Waals surface area contributed by atoms with E-state index in [1.165, 1.54) is 0 Å². The van der Waals surface area contributed by atoms with Crippen molar-refractivity contribution < 1.29 is 14.7 Å². The lowest BCUT2D eigenvalue weighted by Crippen LogP contribution is -2.38. The fourth-order valence-corrected chi connectivity index (χ4v) is 2.96. The predicted octanol–water partition coefficient (Wildman–Crippen LogP) is 2.81. The molecule has 1 atom stereocenters. The van der Waals surface area contributed by atoms with Crippen LogP contribution in [-0.2, 0) is 4.79 Å². The van der Waals surface area contributed by atoms with Gasteiger partial charge >= 0.3 is 5.97 Å². The second kappa shape index (κ2) is 6.70. The van der Waals surface area contributed by atoms with Crippen LogP contribution in [0.2, 0.25) is 0 Å². The molecule has 6 nitrogen and oxygen atoms in total. The average Bonchev–Trinajstić information content (AvgIpc) is 3.36. The van der Waals surface area contributed by atoms with Crippen molar-refractivity contribution in [2.75, 3.05) is 6.54 Å². The van der Waals surface area contributed by atoms with Gasteiger partial charge in [-0.2, -0.15) is 5.10 Å². The second-order valence-corrected chi connectivity index (χ2v) is 6.81. The molecular weight excluding hydrogens is 318 g/mol. The van der Waals surface area contributed by atoms with Crippen LogP contribution in [0.4, 0.5) is 0 Å². The van der Waals surface area contributed by atoms with E-state index in [-0.39, 0.29) is 18.5 Å². The van der Waals surface area contributed by atoms with Crippen molar-refractivity contribution in [3.05, 3.63) is 47.3 Å². The largest absolute Gasteiger partial charge is 0.481 e. The number of aryl methyl sites for hydroxylation is 2. The number of nitrogens with zero attached hydrogens (tertiary/aromatic N) is 3. The highest BCUT2D eigenvalue weighted by Crippen LogP contribution is 2.29. The van der Waals surface area contributed by atoms with Crippen molar-refractivity contribution in [3.8, 4) is 5.69 Å². The Bertz CT molecular complexity index is 791. The van der Waals surface area contributed by atoms with Gasteiger partial charge in [0, 0.05) is 23.8 Å². The van der Waals surface area contributed by atoms with E-state index in [1.54, 1.807) is 24.0 Å². The van der Waals surface area contributed by atoms with Gasteiger partial charge in [0.1, 0.15) is 0 Å². The summed E-state index contributed by atoms with van der Waals surface area (Å²) in [6.07, 6.45) is 1.89. The smallest absolute Gasteiger partial charge is 0.308 e. The topological polar surface area (TPSA) is 75.4 Å². The Kier molecular flexibility index (Phi) is 4.61. The van der Waals surface area contributed by atoms with Gasteiger partial charge in [0.2, 0.25) is 0 Å². The van der Waals surface area contributed by atoms with Gasteiger partial charge in [0.25, 0.3) is 5.91 Å². The van der Waals surface area contributed by atoms with E-state index in [4.69, 9.17) is 5.11 Å². The Hall–Kier alpha value is -2.63. The molecule has 6 heteroatoms. The Morgan fingerprint density at radius 1 is 1.28 bits per heavy atom. The highest BCUT2D eigenvalue weighted by molar-refractivity contribution is 5.95. The monoisotopic (exact) mass is 341 g/mol. The zero-order valence-electron chi connectivity index (χ0n) is 14.8. The van der Waals surface area contributed by atoms with E-state index >= 15 is 0 Å². The summed E-state index contributed by atoms with van der Waals surface area (Å²) in [6.45, 7) is 5.81. The number of hydrogen-bond donors (Lipinski definition) is 1. The molecule has 1 aliphatic rings. The number of carbonyl (C=O) groups is 2. The minimum atomic E-state index is -0.877. The van der Waals surface area contributed by atoms with Crippen molar-refractivity contribution in [2.24, 2.45) is 5.92 Å². The SMILES string of the molecule is Cc1cc(C)n(-c2ccc(C(=O)N(CC(C)C(=O)O)C3CC3)cc2)n1. The molecule has 2 aromatic rings. The fraction of sp³-hybridized carbons (Fsp3) is 0.421. The highest BCUT2D eigenvalue weighted by Gasteiger charge is 2.34. The van der Waals surface area contributed by atoms with Crippen molar-refractivity contribution in [3.63, 3.8) is 0 Å². The van der Waals surface area contributed by atoms with E-state index < -0.39 is 11.9 Å². The lowest BCUT2D eigenvalue weighted by molar-refractivity contribution is -0.141. The molecule has 25 heavy (non-hydrogen) atoms. The lowest BCUT2D eigenvalue weighted by atomic mass is 10.1. The summed E-state index contributed by atoms with van der Waals surface area (Å²) in [7, 11) is 0. The van der Waals surface area contributed by atoms with Gasteiger partial charge < -0.3 is 10.0 Å². The minimum Gasteiger partial charge on any atom is -0.481 e. The number of carboxylic acids is 1. The Morgan fingerprint density at radius 2 is 1.92 bits per heavy atom. The van der Waals surface area contributed by atoms with E-state index in [1.807, 2.05) is 36.7 Å². The van der Waals surface area contributed by atoms with Gasteiger partial charge in [-0.1, -0.05) is 6.92 Å². The quantitative estimate of drug-likeness (QED) is 0.876. The number of hydrogen-bond acceptors (Lipinski definition) is 3. The molecule has 1 aromatic carbocycles. The molecule has 0 bridgehead atoms. The second-order valence-electron chi connectivity index (χ2n) is 6.81. The Labute approximate surface area is 147 Å². The first-order valence-corrected chi connectivity index (χ1v) is 8.54. The number of aromatic nitrogens is 2. The summed E-state index contributed by atoms with van der Waals surface area (Å²) >= 11 is 0. The summed E-state index contributed by atoms with van der Waals surface area (Å²) in [5, 5.41) is 13.6. The lowest BCUT2D eigenvalue weighted by Gasteiger charge is -2.24. The Balaban J connectivity index is 1.79. The number of benzene rings is 1. The molecule has 1 aliphatic carbocycles. The first-order valence-electron chi connectivity index (χ1n) is 8.54. The zero-order valence-corrected chi connectivity index (χ0v) is 14.8. The summed E-state index contributed by atoms with van der Waals surface area (Å²) in [5.41, 5.74) is 3.46. The van der Waals surface area contributed by atoms with Gasteiger partial charge in [-0.15, -0.1) is 0 Å². The van der Waals surface area contributed by atoms with Crippen LogP contribution < -0.4 is 0 Å². The van der Waals surface area contributed by atoms with Crippen LogP contribution in [0.1, 0.15) is 41.5 Å². The van der Waals surface area contributed by atoms with Crippen LogP contribution in [0.3, 0.4) is 0 Å². The fourth-order valence-electron chi connectivity index (χ4n) is 2.96. The molecule has 0 radical (unpaired) electrons. The molecule has 1 aromatic heterocycles. The number of carbonyl (C=O) groups excluding carboxylic acids is 1. The molecule has 0 saturated heterocycles. The third kappa shape index (κ3) is 3.73. The molecule has 0 aliphatic heterocycles. The van der Waals surface area contributed by atoms with Crippen LogP contribution in [0, 0.1) is 19.8 Å². The minimum absolute atomic E-state index is 0.101. The first-order chi connectivity index (χ1) is 11.9. The van der Waals surface area contributed by atoms with Crippen LogP contribution in [-0.4, -0.2) is 44.3 Å². The maximum Gasteiger partial charge on any atom is 0.308 e. The van der Waals surface area contributed by atoms with Crippen molar-refractivity contribution in [2.45, 2.75) is 39.7 Å². The molecule has 1 heterocycles. The van der Waals surface area contributed by atoms with Crippen LogP contribution >= 0.6 is 0 Å². The predicted molar refractivity (Wildman–Crippen MR) is 93.9 cm³/mol. The van der Waals surface area contributed by atoms with Crippen molar-refractivity contribution >= 4 is 11.9 Å². The third-order valence-corrected chi connectivity index (χ3v) is 4.51. The highest BCUT2D eigenvalue weighted by atomic mass is 16.4. The van der Waals surface area contributed by atoms with Gasteiger partial charge in [-0.25, -0.2) is 4.68 Å².